The third-order valence-electron chi connectivity index (χ3n) is 8.26. The number of hydrogen-bond acceptors (Lipinski definition) is 10. The molecule has 0 atom stereocenters. The lowest BCUT2D eigenvalue weighted by atomic mass is 10.2. The van der Waals surface area contributed by atoms with Gasteiger partial charge in [-0.25, -0.2) is 20.2 Å². The van der Waals surface area contributed by atoms with E-state index in [2.05, 4.69) is 20.1 Å². The number of esters is 1. The van der Waals surface area contributed by atoms with Gasteiger partial charge in [-0.2, -0.15) is 0 Å². The van der Waals surface area contributed by atoms with Gasteiger partial charge < -0.3 is 24.0 Å². The number of aromatic nitrogens is 2. The lowest BCUT2D eigenvalue weighted by Crippen LogP contribution is -2.48. The standard InChI is InChI=1S/C19H21N3O4.C18H21N5O3/c1-25-18(23)15-7-8-16(20-13-15)14-22(17-5-3-2-4-6-17)19(24)21-9-11-26-12-10-21;19-21-17(24)14-6-7-15(20-12-14)13-23(16-4-2-1-3-5-16)18(25)22-8-10-26-11-9-22/h2-8,13H,9-12,14H2,1H3;1-7,12H,8-11,13,19H2,(H,21,24). The number of ether oxygens (including phenoxy) is 3. The quantitative estimate of drug-likeness (QED) is 0.119. The summed E-state index contributed by atoms with van der Waals surface area (Å²) in [6.45, 7) is 5.02. The van der Waals surface area contributed by atoms with E-state index >= 15 is 0 Å². The molecule has 4 heterocycles. The van der Waals surface area contributed by atoms with E-state index in [0.29, 0.717) is 88.2 Å². The first-order valence-corrected chi connectivity index (χ1v) is 16.8. The zero-order chi connectivity index (χ0) is 36.7. The van der Waals surface area contributed by atoms with Crippen LogP contribution in [0.5, 0.6) is 0 Å². The van der Waals surface area contributed by atoms with Gasteiger partial charge in [-0.1, -0.05) is 36.4 Å². The van der Waals surface area contributed by atoms with Crippen molar-refractivity contribution in [3.05, 3.63) is 120 Å². The molecule has 3 N–H and O–H groups in total. The number of rotatable bonds is 8. The number of nitrogens with one attached hydrogen (secondary N) is 1. The Morgan fingerprint density at radius 1 is 0.673 bits per heavy atom. The van der Waals surface area contributed by atoms with Gasteiger partial charge in [0, 0.05) is 49.9 Å². The van der Waals surface area contributed by atoms with E-state index in [1.807, 2.05) is 60.7 Å². The highest BCUT2D eigenvalue weighted by atomic mass is 16.5. The van der Waals surface area contributed by atoms with Crippen LogP contribution in [0.4, 0.5) is 21.0 Å². The first-order chi connectivity index (χ1) is 25.4. The molecule has 0 aliphatic carbocycles. The molecule has 2 aromatic carbocycles. The van der Waals surface area contributed by atoms with Crippen molar-refractivity contribution < 1.29 is 33.4 Å². The first-order valence-electron chi connectivity index (χ1n) is 16.8. The zero-order valence-electron chi connectivity index (χ0n) is 28.9. The zero-order valence-corrected chi connectivity index (χ0v) is 28.9. The molecule has 0 spiro atoms. The molecule has 2 saturated heterocycles. The van der Waals surface area contributed by atoms with Crippen LogP contribution in [0.2, 0.25) is 0 Å². The Balaban J connectivity index is 0.000000201. The second-order valence-electron chi connectivity index (χ2n) is 11.6. The Morgan fingerprint density at radius 3 is 1.46 bits per heavy atom. The number of methoxy groups -OCH3 is 1. The smallest absolute Gasteiger partial charge is 0.339 e. The van der Waals surface area contributed by atoms with Crippen molar-refractivity contribution in [1.82, 2.24) is 25.2 Å². The number of urea groups is 2. The van der Waals surface area contributed by atoms with Gasteiger partial charge in [0.1, 0.15) is 0 Å². The second-order valence-corrected chi connectivity index (χ2v) is 11.6. The van der Waals surface area contributed by atoms with Crippen molar-refractivity contribution in [3.63, 3.8) is 0 Å². The van der Waals surface area contributed by atoms with E-state index in [9.17, 15) is 19.2 Å². The number of nitrogens with zero attached hydrogens (tertiary/aromatic N) is 6. The molecule has 52 heavy (non-hydrogen) atoms. The van der Waals surface area contributed by atoms with Crippen molar-refractivity contribution in [2.24, 2.45) is 5.84 Å². The highest BCUT2D eigenvalue weighted by molar-refractivity contribution is 5.94. The number of anilines is 2. The van der Waals surface area contributed by atoms with E-state index in [1.165, 1.54) is 19.5 Å². The Labute approximate surface area is 301 Å². The van der Waals surface area contributed by atoms with E-state index in [-0.39, 0.29) is 12.1 Å². The van der Waals surface area contributed by atoms with Crippen molar-refractivity contribution >= 4 is 35.3 Å². The van der Waals surface area contributed by atoms with Crippen molar-refractivity contribution in [1.29, 1.82) is 0 Å². The predicted molar refractivity (Wildman–Crippen MR) is 192 cm³/mol. The van der Waals surface area contributed by atoms with E-state index in [1.54, 1.807) is 43.9 Å². The maximum Gasteiger partial charge on any atom is 0.339 e. The minimum Gasteiger partial charge on any atom is -0.465 e. The summed E-state index contributed by atoms with van der Waals surface area (Å²) in [4.78, 5) is 64.6. The fraction of sp³-hybridized carbons (Fsp3) is 0.297. The van der Waals surface area contributed by atoms with Gasteiger partial charge in [-0.3, -0.25) is 30.0 Å². The minimum absolute atomic E-state index is 0.0849. The van der Waals surface area contributed by atoms with Gasteiger partial charge in [0.2, 0.25) is 0 Å². The molecule has 15 heteroatoms. The average Bonchev–Trinajstić information content (AvgIpc) is 3.22. The summed E-state index contributed by atoms with van der Waals surface area (Å²) in [5.74, 6) is 4.28. The molecule has 0 unspecified atom stereocenters. The molecule has 2 aliphatic rings. The monoisotopic (exact) mass is 710 g/mol. The number of carbonyl (C=O) groups is 4. The van der Waals surface area contributed by atoms with Gasteiger partial charge >= 0.3 is 18.0 Å². The van der Waals surface area contributed by atoms with Crippen molar-refractivity contribution in [2.75, 3.05) is 69.5 Å². The molecule has 2 aromatic heterocycles. The minimum atomic E-state index is -0.437. The van der Waals surface area contributed by atoms with Gasteiger partial charge in [0.15, 0.2) is 0 Å². The molecule has 272 valence electrons. The predicted octanol–water partition coefficient (Wildman–Crippen LogP) is 3.47. The van der Waals surface area contributed by atoms with E-state index in [0.717, 1.165) is 11.4 Å². The number of hydrogen-bond donors (Lipinski definition) is 2. The average molecular weight is 711 g/mol. The highest BCUT2D eigenvalue weighted by Gasteiger charge is 2.26. The topological polar surface area (TPSA) is 173 Å². The van der Waals surface area contributed by atoms with Crippen LogP contribution in [-0.2, 0) is 27.3 Å². The van der Waals surface area contributed by atoms with E-state index in [4.69, 9.17) is 15.3 Å². The largest absolute Gasteiger partial charge is 0.465 e. The summed E-state index contributed by atoms with van der Waals surface area (Å²) in [7, 11) is 1.33. The third-order valence-corrected chi connectivity index (χ3v) is 8.26. The van der Waals surface area contributed by atoms with Crippen LogP contribution in [0, 0.1) is 0 Å². The molecule has 5 amide bonds. The maximum absolute atomic E-state index is 13.0. The van der Waals surface area contributed by atoms with Crippen LogP contribution in [0.15, 0.2) is 97.3 Å². The summed E-state index contributed by atoms with van der Waals surface area (Å²) in [6, 6.07) is 25.5. The molecule has 2 fully saturated rings. The number of para-hydroxylation sites is 2. The van der Waals surface area contributed by atoms with Gasteiger partial charge in [0.25, 0.3) is 5.91 Å². The number of morpholine rings is 2. The third kappa shape index (κ3) is 10.1. The Bertz CT molecular complexity index is 1620. The summed E-state index contributed by atoms with van der Waals surface area (Å²) >= 11 is 0. The normalized spacial score (nSPS) is 14.0. The number of benzene rings is 2. The lowest BCUT2D eigenvalue weighted by Gasteiger charge is -2.33. The SMILES string of the molecule is COC(=O)c1ccc(CN(C(=O)N2CCOCC2)c2ccccc2)nc1.NNC(=O)c1ccc(CN(C(=O)N2CCOCC2)c2ccccc2)nc1. The van der Waals surface area contributed by atoms with Crippen LogP contribution < -0.4 is 21.1 Å². The summed E-state index contributed by atoms with van der Waals surface area (Å²) in [6.07, 6.45) is 2.91. The molecule has 2 aliphatic heterocycles. The molecular weight excluding hydrogens is 668 g/mol. The van der Waals surface area contributed by atoms with Crippen LogP contribution in [-0.4, -0.2) is 103 Å². The fourth-order valence-electron chi connectivity index (χ4n) is 5.42. The van der Waals surface area contributed by atoms with Crippen LogP contribution in [0.3, 0.4) is 0 Å². The Kier molecular flexibility index (Phi) is 13.6. The van der Waals surface area contributed by atoms with Crippen LogP contribution >= 0.6 is 0 Å². The van der Waals surface area contributed by atoms with Gasteiger partial charge in [-0.05, 0) is 48.5 Å². The van der Waals surface area contributed by atoms with Crippen LogP contribution in [0.25, 0.3) is 0 Å². The number of pyridine rings is 2. The number of hydrazine groups is 1. The summed E-state index contributed by atoms with van der Waals surface area (Å²) < 4.78 is 15.3. The van der Waals surface area contributed by atoms with E-state index < -0.39 is 11.9 Å². The van der Waals surface area contributed by atoms with Gasteiger partial charge in [-0.15, -0.1) is 0 Å². The number of amides is 5. The van der Waals surface area contributed by atoms with Crippen LogP contribution in [0.1, 0.15) is 32.1 Å². The molecular formula is C37H42N8O7. The number of carbonyl (C=O) groups excluding carboxylic acids is 4. The van der Waals surface area contributed by atoms with Gasteiger partial charge in [0.05, 0.1) is 69.1 Å². The summed E-state index contributed by atoms with van der Waals surface area (Å²) in [5.41, 5.74) is 5.74. The number of nitrogen functional groups attached to an aromatic ring is 1. The number of nitrogens with two attached hydrogens (primary N) is 1. The highest BCUT2D eigenvalue weighted by Crippen LogP contribution is 2.21. The molecule has 0 saturated carbocycles. The summed E-state index contributed by atoms with van der Waals surface area (Å²) in [5, 5.41) is 0. The molecule has 0 radical (unpaired) electrons. The Morgan fingerprint density at radius 2 is 1.10 bits per heavy atom. The van der Waals surface area contributed by atoms with Crippen molar-refractivity contribution in [3.8, 4) is 0 Å². The lowest BCUT2D eigenvalue weighted by molar-refractivity contribution is 0.0548. The Hall–Kier alpha value is -5.90. The molecule has 4 aromatic rings. The second kappa shape index (κ2) is 18.9. The maximum atomic E-state index is 13.0. The first kappa shape index (κ1) is 37.4. The van der Waals surface area contributed by atoms with Crippen molar-refractivity contribution in [2.45, 2.75) is 13.1 Å². The molecule has 6 rings (SSSR count). The molecule has 0 bridgehead atoms. The molecule has 15 nitrogen and oxygen atoms in total. The fourth-order valence-corrected chi connectivity index (χ4v) is 5.42.